The van der Waals surface area contributed by atoms with Gasteiger partial charge in [-0.2, -0.15) is 5.10 Å². The van der Waals surface area contributed by atoms with Crippen molar-refractivity contribution < 1.29 is 4.74 Å². The third-order valence-corrected chi connectivity index (χ3v) is 3.85. The van der Waals surface area contributed by atoms with Crippen LogP contribution < -0.4 is 15.8 Å². The Hall–Kier alpha value is -2.99. The standard InChI is InChI=1S/C18H18ClN5O/c1-25-16-5-3-2-4-13(16)11-21-18(20)22-17-10-15(23-24-17)12-6-8-14(19)9-7-12/h2-10H,11H2,1H3,(H4,20,21,22,23,24). The van der Waals surface area contributed by atoms with Gasteiger partial charge in [0.05, 0.1) is 19.3 Å². The maximum atomic E-state index is 5.94. The molecule has 1 heterocycles. The number of nitrogens with zero attached hydrogens (tertiary/aromatic N) is 2. The van der Waals surface area contributed by atoms with Crippen LogP contribution in [0.15, 0.2) is 59.6 Å². The SMILES string of the molecule is COc1ccccc1CN=C(N)Nc1cc(-c2ccc(Cl)cc2)[nH]n1. The van der Waals surface area contributed by atoms with E-state index < -0.39 is 0 Å². The van der Waals surface area contributed by atoms with Gasteiger partial charge in [0.2, 0.25) is 0 Å². The van der Waals surface area contributed by atoms with Crippen LogP contribution in [0.5, 0.6) is 5.75 Å². The molecule has 128 valence electrons. The molecule has 0 aliphatic rings. The summed E-state index contributed by atoms with van der Waals surface area (Å²) in [5.41, 5.74) is 8.74. The molecular formula is C18H18ClN5O. The number of rotatable bonds is 5. The molecule has 3 aromatic rings. The van der Waals surface area contributed by atoms with Crippen LogP contribution in [0.3, 0.4) is 0 Å². The van der Waals surface area contributed by atoms with Crippen molar-refractivity contribution in [3.63, 3.8) is 0 Å². The Labute approximate surface area is 150 Å². The Bertz CT molecular complexity index is 873. The molecule has 0 saturated heterocycles. The van der Waals surface area contributed by atoms with Crippen molar-refractivity contribution in [2.75, 3.05) is 12.4 Å². The molecule has 0 fully saturated rings. The predicted octanol–water partition coefficient (Wildman–Crippen LogP) is 3.67. The average Bonchev–Trinajstić information content (AvgIpc) is 3.09. The molecule has 3 rings (SSSR count). The molecule has 1 aromatic heterocycles. The zero-order chi connectivity index (χ0) is 17.6. The first-order chi connectivity index (χ1) is 12.2. The first-order valence-corrected chi connectivity index (χ1v) is 8.03. The molecule has 0 aliphatic carbocycles. The number of H-pyrrole nitrogens is 1. The Morgan fingerprint density at radius 1 is 1.24 bits per heavy atom. The van der Waals surface area contributed by atoms with Gasteiger partial charge in [0.25, 0.3) is 0 Å². The third kappa shape index (κ3) is 4.30. The van der Waals surface area contributed by atoms with Crippen molar-refractivity contribution in [1.29, 1.82) is 0 Å². The minimum absolute atomic E-state index is 0.278. The summed E-state index contributed by atoms with van der Waals surface area (Å²) in [5, 5.41) is 10.8. The van der Waals surface area contributed by atoms with E-state index in [-0.39, 0.29) is 5.96 Å². The second-order valence-electron chi connectivity index (χ2n) is 5.31. The first kappa shape index (κ1) is 16.9. The van der Waals surface area contributed by atoms with Crippen LogP contribution in [0, 0.1) is 0 Å². The molecule has 6 nitrogen and oxygen atoms in total. The number of ether oxygens (including phenoxy) is 1. The van der Waals surface area contributed by atoms with Crippen molar-refractivity contribution in [2.45, 2.75) is 6.54 Å². The van der Waals surface area contributed by atoms with Crippen molar-refractivity contribution >= 4 is 23.4 Å². The quantitative estimate of drug-likeness (QED) is 0.481. The number of methoxy groups -OCH3 is 1. The smallest absolute Gasteiger partial charge is 0.194 e. The van der Waals surface area contributed by atoms with Crippen LogP contribution >= 0.6 is 11.6 Å². The Morgan fingerprint density at radius 3 is 2.76 bits per heavy atom. The lowest BCUT2D eigenvalue weighted by molar-refractivity contribution is 0.410. The summed E-state index contributed by atoms with van der Waals surface area (Å²) in [6, 6.07) is 17.0. The monoisotopic (exact) mass is 355 g/mol. The Balaban J connectivity index is 1.67. The van der Waals surface area contributed by atoms with E-state index in [2.05, 4.69) is 20.5 Å². The highest BCUT2D eigenvalue weighted by atomic mass is 35.5. The summed E-state index contributed by atoms with van der Waals surface area (Å²) in [4.78, 5) is 4.32. The fourth-order valence-electron chi connectivity index (χ4n) is 2.34. The number of hydrogen-bond donors (Lipinski definition) is 3. The van der Waals surface area contributed by atoms with E-state index in [1.165, 1.54) is 0 Å². The van der Waals surface area contributed by atoms with Gasteiger partial charge in [-0.05, 0) is 23.8 Å². The van der Waals surface area contributed by atoms with Crippen molar-refractivity contribution in [3.8, 4) is 17.0 Å². The molecular weight excluding hydrogens is 338 g/mol. The van der Waals surface area contributed by atoms with Crippen LogP contribution in [0.4, 0.5) is 5.82 Å². The van der Waals surface area contributed by atoms with Crippen molar-refractivity contribution in [2.24, 2.45) is 10.7 Å². The minimum Gasteiger partial charge on any atom is -0.496 e. The first-order valence-electron chi connectivity index (χ1n) is 7.66. The lowest BCUT2D eigenvalue weighted by atomic mass is 10.1. The molecule has 2 aromatic carbocycles. The molecule has 0 saturated carbocycles. The number of nitrogens with two attached hydrogens (primary N) is 1. The number of para-hydroxylation sites is 1. The topological polar surface area (TPSA) is 88.3 Å². The van der Waals surface area contributed by atoms with Crippen molar-refractivity contribution in [1.82, 2.24) is 10.2 Å². The average molecular weight is 356 g/mol. The van der Waals surface area contributed by atoms with Gasteiger partial charge in [-0.3, -0.25) is 5.10 Å². The largest absolute Gasteiger partial charge is 0.496 e. The molecule has 0 unspecified atom stereocenters. The molecule has 25 heavy (non-hydrogen) atoms. The summed E-state index contributed by atoms with van der Waals surface area (Å²) >= 11 is 5.90. The molecule has 7 heteroatoms. The molecule has 0 bridgehead atoms. The highest BCUT2D eigenvalue weighted by Crippen LogP contribution is 2.22. The van der Waals surface area contributed by atoms with E-state index in [9.17, 15) is 0 Å². The summed E-state index contributed by atoms with van der Waals surface area (Å²) in [7, 11) is 1.63. The van der Waals surface area contributed by atoms with Gasteiger partial charge in [-0.15, -0.1) is 0 Å². The zero-order valence-electron chi connectivity index (χ0n) is 13.7. The number of benzene rings is 2. The highest BCUT2D eigenvalue weighted by molar-refractivity contribution is 6.30. The maximum Gasteiger partial charge on any atom is 0.194 e. The summed E-state index contributed by atoms with van der Waals surface area (Å²) in [6.07, 6.45) is 0. The normalized spacial score (nSPS) is 11.4. The molecule has 0 atom stereocenters. The second kappa shape index (κ2) is 7.72. The summed E-state index contributed by atoms with van der Waals surface area (Å²) < 4.78 is 5.30. The van der Waals surface area contributed by atoms with Crippen LogP contribution in [0.25, 0.3) is 11.3 Å². The third-order valence-electron chi connectivity index (χ3n) is 3.60. The number of aromatic amines is 1. The lowest BCUT2D eigenvalue weighted by Crippen LogP contribution is -2.22. The summed E-state index contributed by atoms with van der Waals surface area (Å²) in [6.45, 7) is 0.414. The van der Waals surface area contributed by atoms with E-state index in [4.69, 9.17) is 22.1 Å². The predicted molar refractivity (Wildman–Crippen MR) is 101 cm³/mol. The molecule has 0 radical (unpaired) electrons. The van der Waals surface area contributed by atoms with Crippen LogP contribution in [0.1, 0.15) is 5.56 Å². The molecule has 4 N–H and O–H groups in total. The molecule has 0 amide bonds. The number of aliphatic imine (C=N–C) groups is 1. The fourth-order valence-corrected chi connectivity index (χ4v) is 2.46. The van der Waals surface area contributed by atoms with Crippen LogP contribution in [-0.2, 0) is 6.54 Å². The second-order valence-corrected chi connectivity index (χ2v) is 5.75. The van der Waals surface area contributed by atoms with Gasteiger partial charge in [0.1, 0.15) is 5.75 Å². The number of aromatic nitrogens is 2. The van der Waals surface area contributed by atoms with Crippen LogP contribution in [-0.4, -0.2) is 23.3 Å². The van der Waals surface area contributed by atoms with Gasteiger partial charge in [-0.25, -0.2) is 4.99 Å². The Kier molecular flexibility index (Phi) is 5.20. The van der Waals surface area contributed by atoms with E-state index in [0.717, 1.165) is 22.6 Å². The van der Waals surface area contributed by atoms with Gasteiger partial charge in [0, 0.05) is 16.7 Å². The maximum absolute atomic E-state index is 5.94. The molecule has 0 aliphatic heterocycles. The fraction of sp³-hybridized carbons (Fsp3) is 0.111. The van der Waals surface area contributed by atoms with Crippen LogP contribution in [0.2, 0.25) is 5.02 Å². The Morgan fingerprint density at radius 2 is 2.00 bits per heavy atom. The van der Waals surface area contributed by atoms with Gasteiger partial charge in [-0.1, -0.05) is 41.9 Å². The number of guanidine groups is 1. The molecule has 0 spiro atoms. The number of halogens is 1. The van der Waals surface area contributed by atoms with E-state index >= 15 is 0 Å². The number of hydrogen-bond acceptors (Lipinski definition) is 3. The zero-order valence-corrected chi connectivity index (χ0v) is 14.4. The minimum atomic E-state index is 0.278. The van der Waals surface area contributed by atoms with E-state index in [1.807, 2.05) is 54.6 Å². The van der Waals surface area contributed by atoms with Crippen molar-refractivity contribution in [3.05, 3.63) is 65.2 Å². The lowest BCUT2D eigenvalue weighted by Gasteiger charge is -2.06. The van der Waals surface area contributed by atoms with Gasteiger partial charge in [0.15, 0.2) is 11.8 Å². The number of nitrogens with one attached hydrogen (secondary N) is 2. The summed E-state index contributed by atoms with van der Waals surface area (Å²) in [5.74, 6) is 1.65. The van der Waals surface area contributed by atoms with E-state index in [1.54, 1.807) is 7.11 Å². The van der Waals surface area contributed by atoms with E-state index in [0.29, 0.717) is 17.4 Å². The number of anilines is 1. The van der Waals surface area contributed by atoms with Gasteiger partial charge < -0.3 is 15.8 Å². The highest BCUT2D eigenvalue weighted by Gasteiger charge is 2.05. The van der Waals surface area contributed by atoms with Gasteiger partial charge >= 0.3 is 0 Å².